The van der Waals surface area contributed by atoms with Crippen LogP contribution < -0.4 is 11.1 Å². The van der Waals surface area contributed by atoms with Gasteiger partial charge in [0, 0.05) is 18.0 Å². The number of benzene rings is 1. The summed E-state index contributed by atoms with van der Waals surface area (Å²) in [4.78, 5) is 6.79. The molecule has 1 saturated carbocycles. The molecular weight excluding hydrogens is 317 g/mol. The first-order chi connectivity index (χ1) is 11.5. The molecule has 3 atom stereocenters. The topological polar surface area (TPSA) is 53.6 Å². The summed E-state index contributed by atoms with van der Waals surface area (Å²) in [5, 5.41) is 3.08. The smallest absolute Gasteiger partial charge is 0.194 e. The molecule has 0 aromatic heterocycles. The minimum Gasteiger partial charge on any atom is -0.370 e. The number of aliphatic imine (C=N–C) groups is 1. The second-order valence-electron chi connectivity index (χ2n) is 6.54. The molecular formula is C17H23F3N4. The van der Waals surface area contributed by atoms with E-state index in [0.717, 1.165) is 31.6 Å². The van der Waals surface area contributed by atoms with E-state index in [2.05, 4.69) is 22.1 Å². The summed E-state index contributed by atoms with van der Waals surface area (Å²) < 4.78 is 39.6. The quantitative estimate of drug-likeness (QED) is 0.491. The van der Waals surface area contributed by atoms with Gasteiger partial charge in [-0.15, -0.1) is 0 Å². The van der Waals surface area contributed by atoms with E-state index in [1.54, 1.807) is 0 Å². The number of halogens is 3. The number of likely N-dealkylation sites (N-methyl/N-ethyl adjacent to an activating group) is 1. The van der Waals surface area contributed by atoms with Crippen molar-refractivity contribution in [1.82, 2.24) is 10.2 Å². The van der Waals surface area contributed by atoms with E-state index in [1.807, 2.05) is 0 Å². The Morgan fingerprint density at radius 1 is 1.33 bits per heavy atom. The molecule has 0 spiro atoms. The summed E-state index contributed by atoms with van der Waals surface area (Å²) in [5.74, 6) is -3.45. The molecule has 1 unspecified atom stereocenters. The zero-order valence-corrected chi connectivity index (χ0v) is 13.7. The van der Waals surface area contributed by atoms with Crippen molar-refractivity contribution in [1.29, 1.82) is 0 Å². The number of likely N-dealkylation sites (tertiary alicyclic amines) is 1. The largest absolute Gasteiger partial charge is 0.370 e. The predicted octanol–water partition coefficient (Wildman–Crippen LogP) is 2.35. The summed E-state index contributed by atoms with van der Waals surface area (Å²) in [6.45, 7) is 4.92. The van der Waals surface area contributed by atoms with E-state index in [4.69, 9.17) is 5.73 Å². The van der Waals surface area contributed by atoms with Crippen molar-refractivity contribution < 1.29 is 13.2 Å². The first-order valence-electron chi connectivity index (χ1n) is 8.44. The van der Waals surface area contributed by atoms with Gasteiger partial charge in [-0.2, -0.15) is 0 Å². The van der Waals surface area contributed by atoms with E-state index < -0.39 is 17.5 Å². The molecule has 3 N–H and O–H groups in total. The zero-order chi connectivity index (χ0) is 17.3. The molecule has 1 aliphatic heterocycles. The lowest BCUT2D eigenvalue weighted by molar-refractivity contribution is 0.273. The summed E-state index contributed by atoms with van der Waals surface area (Å²) in [6.07, 6.45) is 3.02. The zero-order valence-electron chi connectivity index (χ0n) is 13.7. The van der Waals surface area contributed by atoms with Crippen molar-refractivity contribution in [2.45, 2.75) is 44.2 Å². The monoisotopic (exact) mass is 340 g/mol. The number of hydrogen-bond donors (Lipinski definition) is 2. The first kappa shape index (κ1) is 17.1. The molecule has 132 valence electrons. The van der Waals surface area contributed by atoms with Crippen molar-refractivity contribution in [3.05, 3.63) is 35.1 Å². The third-order valence-corrected chi connectivity index (χ3v) is 4.94. The molecule has 1 heterocycles. The highest BCUT2D eigenvalue weighted by Gasteiger charge is 2.39. The number of hydrogen-bond acceptors (Lipinski definition) is 2. The number of nitrogens with one attached hydrogen (secondary N) is 1. The van der Waals surface area contributed by atoms with Crippen molar-refractivity contribution in [2.75, 3.05) is 19.6 Å². The lowest BCUT2D eigenvalue weighted by atomic mass is 10.1. The van der Waals surface area contributed by atoms with Gasteiger partial charge in [-0.3, -0.25) is 9.89 Å². The van der Waals surface area contributed by atoms with E-state index in [-0.39, 0.29) is 12.0 Å². The standard InChI is InChI=1S/C17H23F3N4/c1-2-24-5-3-4-11(24)9-22-17(21)23-15-8-12(15)10-6-13(18)16(20)14(19)7-10/h6-7,11-12,15H,2-5,8-9H2,1H3,(H3,21,22,23)/t11?,12-,15+/m0/s1. The van der Waals surface area contributed by atoms with Crippen LogP contribution in [0.25, 0.3) is 0 Å². The highest BCUT2D eigenvalue weighted by atomic mass is 19.2. The minimum absolute atomic E-state index is 0.0103. The van der Waals surface area contributed by atoms with Crippen LogP contribution in [-0.2, 0) is 0 Å². The fourth-order valence-electron chi connectivity index (χ4n) is 3.47. The molecule has 1 aliphatic carbocycles. The van der Waals surface area contributed by atoms with E-state index in [9.17, 15) is 13.2 Å². The molecule has 1 aromatic carbocycles. The molecule has 0 bridgehead atoms. The Balaban J connectivity index is 1.53. The minimum atomic E-state index is -1.43. The molecule has 0 amide bonds. The lowest BCUT2D eigenvalue weighted by Crippen LogP contribution is -2.37. The SMILES string of the molecule is CCN1CCCC1CN=C(N)N[C@@H]1C[C@H]1c1cc(F)c(F)c(F)c1. The van der Waals surface area contributed by atoms with Crippen molar-refractivity contribution in [3.63, 3.8) is 0 Å². The summed E-state index contributed by atoms with van der Waals surface area (Å²) in [6, 6.07) is 2.53. The van der Waals surface area contributed by atoms with Crippen LogP contribution in [0.3, 0.4) is 0 Å². The molecule has 1 aromatic rings. The predicted molar refractivity (Wildman–Crippen MR) is 87.4 cm³/mol. The van der Waals surface area contributed by atoms with Crippen LogP contribution in [0.5, 0.6) is 0 Å². The van der Waals surface area contributed by atoms with Gasteiger partial charge in [0.2, 0.25) is 0 Å². The average molecular weight is 340 g/mol. The maximum atomic E-state index is 13.3. The van der Waals surface area contributed by atoms with Crippen LogP contribution in [0.2, 0.25) is 0 Å². The fourth-order valence-corrected chi connectivity index (χ4v) is 3.47. The molecule has 24 heavy (non-hydrogen) atoms. The van der Waals surface area contributed by atoms with Gasteiger partial charge in [-0.1, -0.05) is 6.92 Å². The van der Waals surface area contributed by atoms with E-state index in [0.29, 0.717) is 30.5 Å². The summed E-state index contributed by atoms with van der Waals surface area (Å²) in [5.41, 5.74) is 6.36. The van der Waals surface area contributed by atoms with Gasteiger partial charge in [0.1, 0.15) is 0 Å². The Hall–Kier alpha value is -1.76. The molecule has 2 aliphatic rings. The van der Waals surface area contributed by atoms with Gasteiger partial charge < -0.3 is 11.1 Å². The maximum Gasteiger partial charge on any atom is 0.194 e. The van der Waals surface area contributed by atoms with E-state index >= 15 is 0 Å². The van der Waals surface area contributed by atoms with Crippen LogP contribution >= 0.6 is 0 Å². The highest BCUT2D eigenvalue weighted by molar-refractivity contribution is 5.78. The normalized spacial score (nSPS) is 27.5. The lowest BCUT2D eigenvalue weighted by Gasteiger charge is -2.21. The van der Waals surface area contributed by atoms with Crippen molar-refractivity contribution in [3.8, 4) is 0 Å². The Morgan fingerprint density at radius 2 is 2.04 bits per heavy atom. The number of guanidine groups is 1. The first-order valence-corrected chi connectivity index (χ1v) is 8.44. The Bertz CT molecular complexity index is 611. The summed E-state index contributed by atoms with van der Waals surface area (Å²) >= 11 is 0. The van der Waals surface area contributed by atoms with Gasteiger partial charge >= 0.3 is 0 Å². The number of nitrogens with zero attached hydrogens (tertiary/aromatic N) is 2. The van der Waals surface area contributed by atoms with E-state index in [1.165, 1.54) is 6.42 Å². The van der Waals surface area contributed by atoms with Crippen LogP contribution in [0.4, 0.5) is 13.2 Å². The molecule has 1 saturated heterocycles. The molecule has 3 rings (SSSR count). The molecule has 7 heteroatoms. The second kappa shape index (κ2) is 7.01. The third-order valence-electron chi connectivity index (χ3n) is 4.94. The number of nitrogens with two attached hydrogens (primary N) is 1. The van der Waals surface area contributed by atoms with Gasteiger partial charge in [0.15, 0.2) is 23.4 Å². The van der Waals surface area contributed by atoms with Crippen molar-refractivity contribution >= 4 is 5.96 Å². The van der Waals surface area contributed by atoms with Gasteiger partial charge in [0.05, 0.1) is 6.54 Å². The van der Waals surface area contributed by atoms with Gasteiger partial charge in [-0.25, -0.2) is 13.2 Å². The number of rotatable bonds is 5. The molecule has 2 fully saturated rings. The van der Waals surface area contributed by atoms with Crippen LogP contribution in [0.1, 0.15) is 37.7 Å². The Kier molecular flexibility index (Phi) is 4.99. The Morgan fingerprint density at radius 3 is 2.71 bits per heavy atom. The van der Waals surface area contributed by atoms with Gasteiger partial charge in [-0.05, 0) is 50.0 Å². The summed E-state index contributed by atoms with van der Waals surface area (Å²) in [7, 11) is 0. The molecule has 0 radical (unpaired) electrons. The van der Waals surface area contributed by atoms with Gasteiger partial charge in [0.25, 0.3) is 0 Å². The molecule has 4 nitrogen and oxygen atoms in total. The Labute approximate surface area is 139 Å². The third kappa shape index (κ3) is 3.66. The maximum absolute atomic E-state index is 13.3. The average Bonchev–Trinajstić information content (AvgIpc) is 3.16. The second-order valence-corrected chi connectivity index (χ2v) is 6.54. The van der Waals surface area contributed by atoms with Crippen LogP contribution in [0.15, 0.2) is 17.1 Å². The van der Waals surface area contributed by atoms with Crippen molar-refractivity contribution in [2.24, 2.45) is 10.7 Å². The highest BCUT2D eigenvalue weighted by Crippen LogP contribution is 2.41. The fraction of sp³-hybridized carbons (Fsp3) is 0.588. The van der Waals surface area contributed by atoms with Crippen LogP contribution in [-0.4, -0.2) is 42.6 Å². The van der Waals surface area contributed by atoms with Crippen LogP contribution in [0, 0.1) is 17.5 Å².